The molecule has 0 spiro atoms. The second-order valence-corrected chi connectivity index (χ2v) is 9.10. The van der Waals surface area contributed by atoms with E-state index in [1.54, 1.807) is 31.2 Å². The number of anilines is 1. The lowest BCUT2D eigenvalue weighted by atomic mass is 10.1. The summed E-state index contributed by atoms with van der Waals surface area (Å²) >= 11 is 0. The summed E-state index contributed by atoms with van der Waals surface area (Å²) < 4.78 is 39.4. The number of halogens is 1. The first-order valence-electron chi connectivity index (χ1n) is 9.89. The van der Waals surface area contributed by atoms with E-state index in [-0.39, 0.29) is 6.54 Å². The van der Waals surface area contributed by atoms with Crippen molar-refractivity contribution in [2.24, 2.45) is 0 Å². The van der Waals surface area contributed by atoms with Crippen LogP contribution in [0.25, 0.3) is 0 Å². The van der Waals surface area contributed by atoms with Gasteiger partial charge in [0.05, 0.1) is 11.9 Å². The fourth-order valence-corrected chi connectivity index (χ4v) is 4.11. The second-order valence-electron chi connectivity index (χ2n) is 7.19. The van der Waals surface area contributed by atoms with Gasteiger partial charge in [0, 0.05) is 13.6 Å². The summed E-state index contributed by atoms with van der Waals surface area (Å²) in [7, 11) is -2.32. The highest BCUT2D eigenvalue weighted by Gasteiger charge is 2.30. The van der Waals surface area contributed by atoms with Gasteiger partial charge in [-0.2, -0.15) is 0 Å². The van der Waals surface area contributed by atoms with E-state index < -0.39 is 40.2 Å². The number of nitrogens with one attached hydrogen (secondary N) is 1. The van der Waals surface area contributed by atoms with Gasteiger partial charge in [-0.3, -0.25) is 13.9 Å². The number of aryl methyl sites for hydroxylation is 1. The van der Waals surface area contributed by atoms with Crippen LogP contribution in [0.3, 0.4) is 0 Å². The van der Waals surface area contributed by atoms with Gasteiger partial charge >= 0.3 is 0 Å². The van der Waals surface area contributed by atoms with Crippen LogP contribution in [0.5, 0.6) is 0 Å². The molecule has 9 heteroatoms. The molecule has 0 bridgehead atoms. The van der Waals surface area contributed by atoms with Crippen molar-refractivity contribution in [2.45, 2.75) is 32.9 Å². The third-order valence-electron chi connectivity index (χ3n) is 5.00. The van der Waals surface area contributed by atoms with Crippen LogP contribution in [-0.2, 0) is 32.6 Å². The van der Waals surface area contributed by atoms with Gasteiger partial charge in [0.25, 0.3) is 0 Å². The summed E-state index contributed by atoms with van der Waals surface area (Å²) in [4.78, 5) is 26.8. The molecule has 2 rings (SSSR count). The largest absolute Gasteiger partial charge is 0.357 e. The molecule has 0 radical (unpaired) electrons. The van der Waals surface area contributed by atoms with Gasteiger partial charge in [-0.05, 0) is 42.7 Å². The number of hydrogen-bond acceptors (Lipinski definition) is 4. The predicted molar refractivity (Wildman–Crippen MR) is 118 cm³/mol. The Balaban J connectivity index is 2.41. The Bertz CT molecular complexity index is 1030. The molecule has 0 aromatic heterocycles. The van der Waals surface area contributed by atoms with Gasteiger partial charge in [0.1, 0.15) is 18.4 Å². The van der Waals surface area contributed by atoms with Crippen LogP contribution in [0.4, 0.5) is 10.1 Å². The van der Waals surface area contributed by atoms with Gasteiger partial charge in [-0.25, -0.2) is 12.8 Å². The molecule has 0 saturated heterocycles. The quantitative estimate of drug-likeness (QED) is 0.637. The smallest absolute Gasteiger partial charge is 0.244 e. The highest BCUT2D eigenvalue weighted by molar-refractivity contribution is 7.92. The van der Waals surface area contributed by atoms with Crippen molar-refractivity contribution in [3.8, 4) is 0 Å². The molecule has 31 heavy (non-hydrogen) atoms. The van der Waals surface area contributed by atoms with E-state index in [2.05, 4.69) is 5.32 Å². The summed E-state index contributed by atoms with van der Waals surface area (Å²) in [5.74, 6) is -1.35. The molecule has 168 valence electrons. The number of likely N-dealkylation sites (N-methyl/N-ethyl adjacent to an activating group) is 1. The number of carbonyl (C=O) groups is 2. The lowest BCUT2D eigenvalue weighted by Gasteiger charge is -2.31. The van der Waals surface area contributed by atoms with Crippen LogP contribution in [0.1, 0.15) is 25.0 Å². The molecule has 2 aromatic carbocycles. The monoisotopic (exact) mass is 449 g/mol. The number of carbonyl (C=O) groups excluding carboxylic acids is 2. The van der Waals surface area contributed by atoms with Crippen LogP contribution in [0.15, 0.2) is 48.5 Å². The minimum absolute atomic E-state index is 0.0285. The molecule has 0 heterocycles. The molecule has 0 fully saturated rings. The fraction of sp³-hybridized carbons (Fsp3) is 0.364. The molecule has 2 amide bonds. The number of benzene rings is 2. The van der Waals surface area contributed by atoms with Crippen molar-refractivity contribution in [3.63, 3.8) is 0 Å². The number of amides is 2. The van der Waals surface area contributed by atoms with Gasteiger partial charge in [0.15, 0.2) is 0 Å². The SMILES string of the molecule is CCc1ccccc1N(CC(=O)N(Cc1ccc(F)cc1)[C@H](C)C(=O)NC)S(C)(=O)=O. The average Bonchev–Trinajstić information content (AvgIpc) is 2.75. The van der Waals surface area contributed by atoms with Gasteiger partial charge in [-0.1, -0.05) is 37.3 Å². The van der Waals surface area contributed by atoms with Crippen molar-refractivity contribution in [2.75, 3.05) is 24.2 Å². The minimum Gasteiger partial charge on any atom is -0.357 e. The maximum Gasteiger partial charge on any atom is 0.244 e. The Kier molecular flexibility index (Phi) is 8.15. The van der Waals surface area contributed by atoms with E-state index in [1.165, 1.54) is 36.2 Å². The molecule has 0 saturated carbocycles. The average molecular weight is 450 g/mol. The van der Waals surface area contributed by atoms with Crippen molar-refractivity contribution in [1.82, 2.24) is 10.2 Å². The predicted octanol–water partition coefficient (Wildman–Crippen LogP) is 2.32. The van der Waals surface area contributed by atoms with E-state index in [4.69, 9.17) is 0 Å². The number of rotatable bonds is 9. The standard InChI is InChI=1S/C22H28FN3O4S/c1-5-18-8-6-7-9-20(18)26(31(4,29)30)15-21(27)25(16(2)22(28)24-3)14-17-10-12-19(23)13-11-17/h6-13,16H,5,14-15H2,1-4H3,(H,24,28)/t16-/m1/s1. The highest BCUT2D eigenvalue weighted by Crippen LogP contribution is 2.24. The van der Waals surface area contributed by atoms with E-state index >= 15 is 0 Å². The van der Waals surface area contributed by atoms with Crippen LogP contribution in [0.2, 0.25) is 0 Å². The normalized spacial score (nSPS) is 12.2. The van der Waals surface area contributed by atoms with Gasteiger partial charge in [0.2, 0.25) is 21.8 Å². The number of hydrogen-bond donors (Lipinski definition) is 1. The zero-order valence-corrected chi connectivity index (χ0v) is 18.9. The topological polar surface area (TPSA) is 86.8 Å². The lowest BCUT2D eigenvalue weighted by molar-refractivity contribution is -0.139. The summed E-state index contributed by atoms with van der Waals surface area (Å²) in [5, 5.41) is 2.50. The van der Waals surface area contributed by atoms with Crippen molar-refractivity contribution >= 4 is 27.5 Å². The van der Waals surface area contributed by atoms with E-state index in [1.807, 2.05) is 6.92 Å². The van der Waals surface area contributed by atoms with E-state index in [9.17, 15) is 22.4 Å². The number of sulfonamides is 1. The Hall–Kier alpha value is -2.94. The molecular formula is C22H28FN3O4S. The maximum absolute atomic E-state index is 13.3. The number of para-hydroxylation sites is 1. The van der Waals surface area contributed by atoms with E-state index in [0.29, 0.717) is 17.7 Å². The molecule has 0 unspecified atom stereocenters. The summed E-state index contributed by atoms with van der Waals surface area (Å²) in [5.41, 5.74) is 1.82. The zero-order chi connectivity index (χ0) is 23.2. The Morgan fingerprint density at radius 2 is 1.71 bits per heavy atom. The third kappa shape index (κ3) is 6.27. The highest BCUT2D eigenvalue weighted by atomic mass is 32.2. The first-order chi connectivity index (χ1) is 14.6. The molecule has 0 aliphatic rings. The first-order valence-corrected chi connectivity index (χ1v) is 11.7. The minimum atomic E-state index is -3.77. The second kappa shape index (κ2) is 10.4. The van der Waals surface area contributed by atoms with Crippen molar-refractivity contribution < 1.29 is 22.4 Å². The molecular weight excluding hydrogens is 421 g/mol. The Morgan fingerprint density at radius 3 is 2.26 bits per heavy atom. The van der Waals surface area contributed by atoms with Crippen LogP contribution >= 0.6 is 0 Å². The lowest BCUT2D eigenvalue weighted by Crippen LogP contribution is -2.50. The third-order valence-corrected chi connectivity index (χ3v) is 6.13. The van der Waals surface area contributed by atoms with Gasteiger partial charge in [-0.15, -0.1) is 0 Å². The summed E-state index contributed by atoms with van der Waals surface area (Å²) in [6.45, 7) is 3.03. The van der Waals surface area contributed by atoms with Crippen LogP contribution in [0, 0.1) is 5.82 Å². The molecule has 1 N–H and O–H groups in total. The van der Waals surface area contributed by atoms with E-state index in [0.717, 1.165) is 16.1 Å². The molecule has 2 aromatic rings. The fourth-order valence-electron chi connectivity index (χ4n) is 3.23. The zero-order valence-electron chi connectivity index (χ0n) is 18.1. The Labute approximate surface area is 182 Å². The summed E-state index contributed by atoms with van der Waals surface area (Å²) in [6, 6.07) is 11.7. The first kappa shape index (κ1) is 24.3. The van der Waals surface area contributed by atoms with Crippen molar-refractivity contribution in [3.05, 3.63) is 65.5 Å². The van der Waals surface area contributed by atoms with Crippen molar-refractivity contribution in [1.29, 1.82) is 0 Å². The maximum atomic E-state index is 13.3. The number of nitrogens with zero attached hydrogens (tertiary/aromatic N) is 2. The molecule has 0 aliphatic carbocycles. The molecule has 7 nitrogen and oxygen atoms in total. The Morgan fingerprint density at radius 1 is 1.10 bits per heavy atom. The molecule has 1 atom stereocenters. The van der Waals surface area contributed by atoms with Gasteiger partial charge < -0.3 is 10.2 Å². The van der Waals surface area contributed by atoms with Crippen LogP contribution in [-0.4, -0.2) is 51.0 Å². The van der Waals surface area contributed by atoms with Crippen LogP contribution < -0.4 is 9.62 Å². The summed E-state index contributed by atoms with van der Waals surface area (Å²) in [6.07, 6.45) is 1.63. The molecule has 0 aliphatic heterocycles.